The number of benzene rings is 2. The molecule has 3 aromatic rings. The summed E-state index contributed by atoms with van der Waals surface area (Å²) in [4.78, 5) is 5.97. The molecule has 1 aromatic heterocycles. The van der Waals surface area contributed by atoms with Crippen LogP contribution in [0.25, 0.3) is 10.9 Å². The van der Waals surface area contributed by atoms with Crippen LogP contribution in [0.2, 0.25) is 0 Å². The van der Waals surface area contributed by atoms with Crippen LogP contribution in [0.1, 0.15) is 29.9 Å². The smallest absolute Gasteiger partial charge is 0.165 e. The Hall–Kier alpha value is -2.46. The predicted octanol–water partition coefficient (Wildman–Crippen LogP) is 4.32. The third-order valence-electron chi connectivity index (χ3n) is 5.69. The molecule has 0 amide bonds. The zero-order valence-corrected chi connectivity index (χ0v) is 14.9. The molecular formula is C22H24N2O2. The van der Waals surface area contributed by atoms with Crippen LogP contribution < -0.4 is 9.47 Å². The lowest BCUT2D eigenvalue weighted by atomic mass is 9.89. The van der Waals surface area contributed by atoms with Crippen LogP contribution in [0.3, 0.4) is 0 Å². The number of para-hydroxylation sites is 2. The van der Waals surface area contributed by atoms with E-state index >= 15 is 0 Å². The monoisotopic (exact) mass is 348 g/mol. The van der Waals surface area contributed by atoms with Crippen LogP contribution >= 0.6 is 0 Å². The number of nitrogens with one attached hydrogen (secondary N) is 1. The normalized spacial score (nSPS) is 18.3. The van der Waals surface area contributed by atoms with Gasteiger partial charge in [0.2, 0.25) is 0 Å². The van der Waals surface area contributed by atoms with Crippen LogP contribution in [0, 0.1) is 0 Å². The van der Waals surface area contributed by atoms with Gasteiger partial charge in [0.1, 0.15) is 13.2 Å². The number of rotatable bonds is 3. The zero-order chi connectivity index (χ0) is 17.3. The number of aromatic amines is 1. The molecule has 0 bridgehead atoms. The molecule has 0 atom stereocenters. The van der Waals surface area contributed by atoms with Gasteiger partial charge in [0.05, 0.1) is 0 Å². The molecule has 0 radical (unpaired) electrons. The lowest BCUT2D eigenvalue weighted by Crippen LogP contribution is -2.32. The first kappa shape index (κ1) is 15.8. The fraction of sp³-hybridized carbons (Fsp3) is 0.364. The maximum absolute atomic E-state index is 5.87. The van der Waals surface area contributed by atoms with E-state index in [9.17, 15) is 0 Å². The third kappa shape index (κ3) is 2.84. The first-order chi connectivity index (χ1) is 12.9. The summed E-state index contributed by atoms with van der Waals surface area (Å²) < 4.78 is 11.6. The summed E-state index contributed by atoms with van der Waals surface area (Å²) in [6, 6.07) is 14.9. The van der Waals surface area contributed by atoms with Crippen molar-refractivity contribution < 1.29 is 9.47 Å². The highest BCUT2D eigenvalue weighted by atomic mass is 16.6. The number of aromatic nitrogens is 1. The van der Waals surface area contributed by atoms with Gasteiger partial charge in [0.15, 0.2) is 11.5 Å². The Morgan fingerprint density at radius 2 is 1.81 bits per heavy atom. The van der Waals surface area contributed by atoms with Crippen molar-refractivity contribution in [1.29, 1.82) is 0 Å². The van der Waals surface area contributed by atoms with Crippen LogP contribution in [0.5, 0.6) is 11.5 Å². The first-order valence-electron chi connectivity index (χ1n) is 9.54. The van der Waals surface area contributed by atoms with Gasteiger partial charge in [-0.15, -0.1) is 0 Å². The molecule has 134 valence electrons. The Morgan fingerprint density at radius 3 is 2.73 bits per heavy atom. The molecule has 1 saturated heterocycles. The quantitative estimate of drug-likeness (QED) is 0.766. The summed E-state index contributed by atoms with van der Waals surface area (Å²) >= 11 is 0. The maximum atomic E-state index is 5.87. The highest BCUT2D eigenvalue weighted by Crippen LogP contribution is 2.36. The molecule has 26 heavy (non-hydrogen) atoms. The molecule has 0 saturated carbocycles. The van der Waals surface area contributed by atoms with Crippen molar-refractivity contribution in [3.63, 3.8) is 0 Å². The van der Waals surface area contributed by atoms with Crippen LogP contribution in [-0.4, -0.2) is 36.2 Å². The second kappa shape index (κ2) is 6.69. The summed E-state index contributed by atoms with van der Waals surface area (Å²) in [5.41, 5.74) is 3.97. The average molecular weight is 348 g/mol. The average Bonchev–Trinajstić information content (AvgIpc) is 3.13. The molecule has 1 fully saturated rings. The maximum Gasteiger partial charge on any atom is 0.165 e. The molecule has 0 aliphatic carbocycles. The number of H-pyrrole nitrogens is 1. The fourth-order valence-electron chi connectivity index (χ4n) is 4.33. The molecule has 0 spiro atoms. The molecule has 2 aromatic carbocycles. The van der Waals surface area contributed by atoms with E-state index in [1.165, 1.54) is 34.9 Å². The number of hydrogen-bond acceptors (Lipinski definition) is 3. The highest BCUT2D eigenvalue weighted by Gasteiger charge is 2.24. The van der Waals surface area contributed by atoms with E-state index in [4.69, 9.17) is 9.47 Å². The Balaban J connectivity index is 1.28. The standard InChI is InChI=1S/C22H24N2O2/c1-2-6-20-18(5-1)19(14-23-20)16-8-10-24(11-9-16)15-17-4-3-7-21-22(17)26-13-12-25-21/h1-7,14,16,23H,8-13,15H2. The summed E-state index contributed by atoms with van der Waals surface area (Å²) in [6.45, 7) is 4.47. The van der Waals surface area contributed by atoms with E-state index in [-0.39, 0.29) is 0 Å². The first-order valence-corrected chi connectivity index (χ1v) is 9.54. The molecule has 2 aliphatic heterocycles. The summed E-state index contributed by atoms with van der Waals surface area (Å²) in [6.07, 6.45) is 4.62. The molecule has 5 rings (SSSR count). The molecule has 3 heterocycles. The topological polar surface area (TPSA) is 37.5 Å². The summed E-state index contributed by atoms with van der Waals surface area (Å²) in [5.74, 6) is 2.48. The Labute approximate surface area is 153 Å². The van der Waals surface area contributed by atoms with E-state index in [0.717, 1.165) is 31.1 Å². The minimum Gasteiger partial charge on any atom is -0.486 e. The van der Waals surface area contributed by atoms with Crippen molar-refractivity contribution in [2.45, 2.75) is 25.3 Å². The molecule has 1 N–H and O–H groups in total. The highest BCUT2D eigenvalue weighted by molar-refractivity contribution is 5.83. The number of piperidine rings is 1. The number of nitrogens with zero attached hydrogens (tertiary/aromatic N) is 1. The van der Waals surface area contributed by atoms with Gasteiger partial charge >= 0.3 is 0 Å². The van der Waals surface area contributed by atoms with E-state index in [0.29, 0.717) is 19.1 Å². The van der Waals surface area contributed by atoms with Crippen LogP contribution in [-0.2, 0) is 6.54 Å². The van der Waals surface area contributed by atoms with E-state index in [1.54, 1.807) is 0 Å². The van der Waals surface area contributed by atoms with Crippen LogP contribution in [0.4, 0.5) is 0 Å². The largest absolute Gasteiger partial charge is 0.486 e. The SMILES string of the molecule is c1cc(CN2CCC(c3c[nH]c4ccccc34)CC2)c2c(c1)OCCO2. The van der Waals surface area contributed by atoms with Gasteiger partial charge in [-0.25, -0.2) is 0 Å². The van der Waals surface area contributed by atoms with Gasteiger partial charge in [-0.2, -0.15) is 0 Å². The molecule has 4 nitrogen and oxygen atoms in total. The Morgan fingerprint density at radius 1 is 0.962 bits per heavy atom. The van der Waals surface area contributed by atoms with Crippen molar-refractivity contribution in [2.75, 3.05) is 26.3 Å². The summed E-state index contributed by atoms with van der Waals surface area (Å²) in [5, 5.41) is 1.38. The lowest BCUT2D eigenvalue weighted by Gasteiger charge is -2.32. The Kier molecular flexibility index (Phi) is 4.06. The lowest BCUT2D eigenvalue weighted by molar-refractivity contribution is 0.162. The third-order valence-corrected chi connectivity index (χ3v) is 5.69. The number of ether oxygens (including phenoxy) is 2. The van der Waals surface area contributed by atoms with Crippen molar-refractivity contribution in [2.24, 2.45) is 0 Å². The predicted molar refractivity (Wildman–Crippen MR) is 103 cm³/mol. The van der Waals surface area contributed by atoms with Gasteiger partial charge in [-0.3, -0.25) is 4.90 Å². The minimum atomic E-state index is 0.645. The second-order valence-corrected chi connectivity index (χ2v) is 7.28. The van der Waals surface area contributed by atoms with E-state index in [1.807, 2.05) is 6.07 Å². The van der Waals surface area contributed by atoms with E-state index < -0.39 is 0 Å². The summed E-state index contributed by atoms with van der Waals surface area (Å²) in [7, 11) is 0. The van der Waals surface area contributed by atoms with Gasteiger partial charge in [-0.1, -0.05) is 30.3 Å². The van der Waals surface area contributed by atoms with Crippen molar-refractivity contribution in [1.82, 2.24) is 9.88 Å². The van der Waals surface area contributed by atoms with Crippen LogP contribution in [0.15, 0.2) is 48.7 Å². The van der Waals surface area contributed by atoms with Crippen molar-refractivity contribution in [3.8, 4) is 11.5 Å². The van der Waals surface area contributed by atoms with Gasteiger partial charge < -0.3 is 14.5 Å². The second-order valence-electron chi connectivity index (χ2n) is 7.28. The van der Waals surface area contributed by atoms with Gasteiger partial charge in [-0.05, 0) is 49.5 Å². The van der Waals surface area contributed by atoms with Crippen molar-refractivity contribution >= 4 is 10.9 Å². The molecule has 2 aliphatic rings. The van der Waals surface area contributed by atoms with Crippen molar-refractivity contribution in [3.05, 3.63) is 59.8 Å². The number of hydrogen-bond donors (Lipinski definition) is 1. The zero-order valence-electron chi connectivity index (χ0n) is 14.9. The number of fused-ring (bicyclic) bond motifs is 2. The molecule has 4 heteroatoms. The van der Waals surface area contributed by atoms with Gasteiger partial charge in [0.25, 0.3) is 0 Å². The van der Waals surface area contributed by atoms with E-state index in [2.05, 4.69) is 52.5 Å². The van der Waals surface area contributed by atoms with Gasteiger partial charge in [0, 0.05) is 29.2 Å². The Bertz CT molecular complexity index is 909. The fourth-order valence-corrected chi connectivity index (χ4v) is 4.33. The number of likely N-dealkylation sites (tertiary alicyclic amines) is 1. The molecule has 0 unspecified atom stereocenters. The molecular weight excluding hydrogens is 324 g/mol. The minimum absolute atomic E-state index is 0.645.